The molecule has 1 aromatic rings. The van der Waals surface area contributed by atoms with Crippen LogP contribution in [0, 0.1) is 6.61 Å². The molecule has 111 valence electrons. The summed E-state index contributed by atoms with van der Waals surface area (Å²) in [7, 11) is 0. The van der Waals surface area contributed by atoms with E-state index in [-0.39, 0.29) is 0 Å². The fourth-order valence-corrected chi connectivity index (χ4v) is 1.54. The summed E-state index contributed by atoms with van der Waals surface area (Å²) in [6.45, 7) is 8.61. The third-order valence-electron chi connectivity index (χ3n) is 2.83. The highest BCUT2D eigenvalue weighted by molar-refractivity contribution is 5.88. The Morgan fingerprint density at radius 1 is 1.25 bits per heavy atom. The first kappa shape index (κ1) is 16.7. The summed E-state index contributed by atoms with van der Waals surface area (Å²) in [5.41, 5.74) is 1.65. The van der Waals surface area contributed by atoms with Gasteiger partial charge in [-0.25, -0.2) is 4.79 Å². The van der Waals surface area contributed by atoms with Crippen LogP contribution >= 0.6 is 0 Å². The van der Waals surface area contributed by atoms with Crippen LogP contribution < -0.4 is 0 Å². The Kier molecular flexibility index (Phi) is 7.92. The smallest absolute Gasteiger partial charge is 0.373 e. The lowest BCUT2D eigenvalue weighted by molar-refractivity contribution is -0.218. The summed E-state index contributed by atoms with van der Waals surface area (Å²) in [4.78, 5) is 21.0. The van der Waals surface area contributed by atoms with E-state index in [1.807, 2.05) is 12.1 Å². The summed E-state index contributed by atoms with van der Waals surface area (Å²) in [5.74, 6) is -0.0740. The van der Waals surface area contributed by atoms with Gasteiger partial charge in [-0.05, 0) is 30.0 Å². The van der Waals surface area contributed by atoms with Crippen molar-refractivity contribution in [1.82, 2.24) is 0 Å². The number of hydrogen-bond acceptors (Lipinski definition) is 4. The predicted octanol–water partition coefficient (Wildman–Crippen LogP) is 3.88. The molecule has 1 radical (unpaired) electrons. The number of benzene rings is 1. The fraction of sp³-hybridized carbons (Fsp3) is 0.500. The van der Waals surface area contributed by atoms with Gasteiger partial charge in [0.2, 0.25) is 0 Å². The molecule has 1 rings (SSSR count). The molecule has 1 aromatic carbocycles. The standard InChI is InChI=1S/C16H23O4/c1-4-5-10-18-11-12-19-20-16(17)15-8-6-14(7-9-15)13(2)3/h6-9,12-13H,4-5,10-11H2,1-3H3. The Morgan fingerprint density at radius 3 is 2.55 bits per heavy atom. The molecule has 0 fully saturated rings. The molecule has 20 heavy (non-hydrogen) atoms. The van der Waals surface area contributed by atoms with Crippen LogP contribution in [-0.4, -0.2) is 19.2 Å². The maximum atomic E-state index is 11.7. The van der Waals surface area contributed by atoms with Gasteiger partial charge in [-0.2, -0.15) is 4.89 Å². The Morgan fingerprint density at radius 2 is 1.95 bits per heavy atom. The second-order valence-electron chi connectivity index (χ2n) is 4.84. The first-order chi connectivity index (χ1) is 9.65. The first-order valence-electron chi connectivity index (χ1n) is 7.02. The Bertz CT molecular complexity index is 384. The van der Waals surface area contributed by atoms with Crippen LogP contribution in [0.5, 0.6) is 0 Å². The van der Waals surface area contributed by atoms with E-state index in [2.05, 4.69) is 25.7 Å². The van der Waals surface area contributed by atoms with Gasteiger partial charge >= 0.3 is 5.97 Å². The zero-order valence-electron chi connectivity index (χ0n) is 12.4. The van der Waals surface area contributed by atoms with Crippen molar-refractivity contribution in [3.05, 3.63) is 42.0 Å². The number of unbranched alkanes of at least 4 members (excludes halogenated alkanes) is 1. The van der Waals surface area contributed by atoms with Gasteiger partial charge < -0.3 is 4.74 Å². The van der Waals surface area contributed by atoms with Gasteiger partial charge in [0.05, 0.1) is 12.2 Å². The molecule has 0 saturated heterocycles. The van der Waals surface area contributed by atoms with Gasteiger partial charge in [-0.1, -0.05) is 39.3 Å². The average molecular weight is 279 g/mol. The van der Waals surface area contributed by atoms with Crippen molar-refractivity contribution < 1.29 is 19.3 Å². The van der Waals surface area contributed by atoms with E-state index >= 15 is 0 Å². The molecule has 0 aliphatic carbocycles. The molecule has 0 heterocycles. The van der Waals surface area contributed by atoms with Crippen molar-refractivity contribution in [2.24, 2.45) is 0 Å². The minimum absolute atomic E-state index is 0.305. The molecule has 4 heteroatoms. The SMILES string of the molecule is CCCCOC[CH]OOC(=O)c1ccc(C(C)C)cc1. The summed E-state index contributed by atoms with van der Waals surface area (Å²) >= 11 is 0. The van der Waals surface area contributed by atoms with Crippen LogP contribution in [-0.2, 0) is 14.5 Å². The van der Waals surface area contributed by atoms with Crippen LogP contribution in [0.15, 0.2) is 24.3 Å². The second kappa shape index (κ2) is 9.50. The zero-order valence-corrected chi connectivity index (χ0v) is 12.4. The highest BCUT2D eigenvalue weighted by atomic mass is 17.2. The highest BCUT2D eigenvalue weighted by Crippen LogP contribution is 2.15. The third-order valence-corrected chi connectivity index (χ3v) is 2.83. The van der Waals surface area contributed by atoms with Gasteiger partial charge in [0, 0.05) is 6.61 Å². The van der Waals surface area contributed by atoms with E-state index in [1.54, 1.807) is 12.1 Å². The maximum absolute atomic E-state index is 11.7. The molecule has 0 unspecified atom stereocenters. The maximum Gasteiger partial charge on any atom is 0.373 e. The van der Waals surface area contributed by atoms with E-state index in [0.29, 0.717) is 24.7 Å². The molecule has 0 N–H and O–H groups in total. The van der Waals surface area contributed by atoms with Crippen molar-refractivity contribution in [3.63, 3.8) is 0 Å². The Balaban J connectivity index is 2.22. The Hall–Kier alpha value is -1.39. The minimum atomic E-state index is -0.509. The topological polar surface area (TPSA) is 44.8 Å². The van der Waals surface area contributed by atoms with Crippen molar-refractivity contribution >= 4 is 5.97 Å². The number of hydrogen-bond donors (Lipinski definition) is 0. The monoisotopic (exact) mass is 279 g/mol. The summed E-state index contributed by atoms with van der Waals surface area (Å²) in [6, 6.07) is 7.30. The Labute approximate surface area is 121 Å². The van der Waals surface area contributed by atoms with Crippen LogP contribution in [0.25, 0.3) is 0 Å². The van der Waals surface area contributed by atoms with Crippen LogP contribution in [0.4, 0.5) is 0 Å². The first-order valence-corrected chi connectivity index (χ1v) is 7.02. The largest absolute Gasteiger partial charge is 0.378 e. The number of ether oxygens (including phenoxy) is 1. The second-order valence-corrected chi connectivity index (χ2v) is 4.84. The quantitative estimate of drug-likeness (QED) is 0.391. The molecule has 0 aliphatic heterocycles. The normalized spacial score (nSPS) is 10.8. The van der Waals surface area contributed by atoms with Gasteiger partial charge in [0.25, 0.3) is 0 Å². The third kappa shape index (κ3) is 6.17. The van der Waals surface area contributed by atoms with Crippen molar-refractivity contribution in [2.75, 3.05) is 13.2 Å². The molecule has 0 bridgehead atoms. The van der Waals surface area contributed by atoms with E-state index < -0.39 is 5.97 Å². The van der Waals surface area contributed by atoms with Gasteiger partial charge in [-0.3, -0.25) is 4.89 Å². The van der Waals surface area contributed by atoms with Crippen LogP contribution in [0.1, 0.15) is 55.5 Å². The van der Waals surface area contributed by atoms with Crippen molar-refractivity contribution in [3.8, 4) is 0 Å². The van der Waals surface area contributed by atoms with E-state index in [0.717, 1.165) is 12.8 Å². The van der Waals surface area contributed by atoms with E-state index in [9.17, 15) is 4.79 Å². The summed E-state index contributed by atoms with van der Waals surface area (Å²) < 4.78 is 5.23. The molecule has 0 saturated carbocycles. The molecular weight excluding hydrogens is 256 g/mol. The highest BCUT2D eigenvalue weighted by Gasteiger charge is 2.09. The molecular formula is C16H23O4. The predicted molar refractivity (Wildman–Crippen MR) is 77.1 cm³/mol. The lowest BCUT2D eigenvalue weighted by Crippen LogP contribution is -2.07. The summed E-state index contributed by atoms with van der Waals surface area (Å²) in [5, 5.41) is 0. The lowest BCUT2D eigenvalue weighted by atomic mass is 10.0. The lowest BCUT2D eigenvalue weighted by Gasteiger charge is -2.06. The van der Waals surface area contributed by atoms with Gasteiger partial charge in [-0.15, -0.1) is 0 Å². The van der Waals surface area contributed by atoms with Crippen molar-refractivity contribution in [1.29, 1.82) is 0 Å². The molecule has 0 amide bonds. The fourth-order valence-electron chi connectivity index (χ4n) is 1.54. The molecule has 0 spiro atoms. The van der Waals surface area contributed by atoms with Gasteiger partial charge in [0.15, 0.2) is 6.61 Å². The number of carbonyl (C=O) groups is 1. The molecule has 0 aliphatic rings. The van der Waals surface area contributed by atoms with E-state index in [4.69, 9.17) is 9.62 Å². The number of rotatable bonds is 9. The van der Waals surface area contributed by atoms with Crippen LogP contribution in [0.2, 0.25) is 0 Å². The molecule has 0 atom stereocenters. The zero-order chi connectivity index (χ0) is 14.8. The van der Waals surface area contributed by atoms with Crippen LogP contribution in [0.3, 0.4) is 0 Å². The average Bonchev–Trinajstić information content (AvgIpc) is 2.46. The van der Waals surface area contributed by atoms with Gasteiger partial charge in [0.1, 0.15) is 0 Å². The minimum Gasteiger partial charge on any atom is -0.378 e. The van der Waals surface area contributed by atoms with E-state index in [1.165, 1.54) is 12.2 Å². The molecule has 0 aromatic heterocycles. The molecule has 4 nitrogen and oxygen atoms in total. The summed E-state index contributed by atoms with van der Waals surface area (Å²) in [6.07, 6.45) is 2.10. The number of carbonyl (C=O) groups excluding carboxylic acids is 1. The van der Waals surface area contributed by atoms with Crippen molar-refractivity contribution in [2.45, 2.75) is 39.5 Å².